The molecule has 0 atom stereocenters. The van der Waals surface area contributed by atoms with E-state index < -0.39 is 23.3 Å². The number of ether oxygens (including phenoxy) is 2. The third-order valence-electron chi connectivity index (χ3n) is 3.17. The smallest absolute Gasteiger partial charge is 0.367 e. The van der Waals surface area contributed by atoms with Crippen LogP contribution < -0.4 is 11.4 Å². The molecule has 0 aliphatic heterocycles. The highest BCUT2D eigenvalue weighted by Gasteiger charge is 2.08. The first kappa shape index (κ1) is 19.5. The van der Waals surface area contributed by atoms with Crippen molar-refractivity contribution in [2.24, 2.45) is 0 Å². The summed E-state index contributed by atoms with van der Waals surface area (Å²) in [6, 6.07) is 0. The van der Waals surface area contributed by atoms with Gasteiger partial charge in [0.05, 0.1) is 27.3 Å². The Morgan fingerprint density at radius 2 is 1.22 bits per heavy atom. The van der Waals surface area contributed by atoms with Gasteiger partial charge in [-0.15, -0.1) is 0 Å². The Balaban J connectivity index is 1.96. The molecule has 0 aromatic carbocycles. The maximum absolute atomic E-state index is 12.0. The molecular formula is C13H16N8O6. The summed E-state index contributed by atoms with van der Waals surface area (Å²) in [5, 5.41) is 14.5. The van der Waals surface area contributed by atoms with Gasteiger partial charge in [-0.1, -0.05) is 0 Å². The van der Waals surface area contributed by atoms with Gasteiger partial charge in [-0.3, -0.25) is 0 Å². The number of methoxy groups -OCH3 is 2. The lowest BCUT2D eigenvalue weighted by atomic mass is 10.4. The Kier molecular flexibility index (Phi) is 6.51. The van der Waals surface area contributed by atoms with E-state index in [9.17, 15) is 19.2 Å². The van der Waals surface area contributed by atoms with Crippen molar-refractivity contribution < 1.29 is 19.1 Å². The van der Waals surface area contributed by atoms with Crippen molar-refractivity contribution in [3.05, 3.63) is 33.1 Å². The van der Waals surface area contributed by atoms with Crippen molar-refractivity contribution in [1.82, 2.24) is 39.6 Å². The van der Waals surface area contributed by atoms with Gasteiger partial charge in [0.15, 0.2) is 0 Å². The molecule has 0 radical (unpaired) electrons. The molecule has 2 heterocycles. The van der Waals surface area contributed by atoms with E-state index in [1.807, 2.05) is 0 Å². The Labute approximate surface area is 150 Å². The third-order valence-corrected chi connectivity index (χ3v) is 3.17. The quantitative estimate of drug-likeness (QED) is 0.356. The number of carbonyl (C=O) groups is 2. The molecule has 0 aliphatic carbocycles. The zero-order chi connectivity index (χ0) is 19.8. The van der Waals surface area contributed by atoms with Gasteiger partial charge in [-0.2, -0.15) is 18.7 Å². The molecule has 0 aliphatic rings. The first-order valence-electron chi connectivity index (χ1n) is 7.53. The summed E-state index contributed by atoms with van der Waals surface area (Å²) >= 11 is 0. The van der Waals surface area contributed by atoms with Crippen LogP contribution in [0, 0.1) is 0 Å². The molecule has 0 saturated heterocycles. The van der Waals surface area contributed by atoms with Crippen LogP contribution in [-0.4, -0.2) is 65.7 Å². The molecule has 0 N–H and O–H groups in total. The van der Waals surface area contributed by atoms with Crippen LogP contribution in [0.15, 0.2) is 21.7 Å². The van der Waals surface area contributed by atoms with Crippen molar-refractivity contribution in [3.63, 3.8) is 0 Å². The van der Waals surface area contributed by atoms with Gasteiger partial charge in [0.1, 0.15) is 0 Å². The number of tetrazole rings is 2. The zero-order valence-corrected chi connectivity index (χ0v) is 14.5. The SMILES string of the molecule is COC(=O)/C=C/n1nnn(CCCn2nnn(/C=C/C(=O)OC)c2=O)c1=O. The highest BCUT2D eigenvalue weighted by Crippen LogP contribution is 1.89. The van der Waals surface area contributed by atoms with Gasteiger partial charge in [0.2, 0.25) is 0 Å². The average Bonchev–Trinajstić information content (AvgIpc) is 3.20. The first-order chi connectivity index (χ1) is 13.0. The maximum atomic E-state index is 12.0. The highest BCUT2D eigenvalue weighted by atomic mass is 16.5. The molecule has 0 spiro atoms. The summed E-state index contributed by atoms with van der Waals surface area (Å²) in [5.74, 6) is -1.28. The molecule has 14 nitrogen and oxygen atoms in total. The second-order valence-corrected chi connectivity index (χ2v) is 4.89. The lowest BCUT2D eigenvalue weighted by Crippen LogP contribution is -2.26. The topological polar surface area (TPSA) is 158 Å². The largest absolute Gasteiger partial charge is 0.466 e. The minimum Gasteiger partial charge on any atom is -0.466 e. The van der Waals surface area contributed by atoms with E-state index in [0.717, 1.165) is 43.3 Å². The van der Waals surface area contributed by atoms with Gasteiger partial charge < -0.3 is 9.47 Å². The van der Waals surface area contributed by atoms with Crippen LogP contribution in [0.5, 0.6) is 0 Å². The normalized spacial score (nSPS) is 11.3. The van der Waals surface area contributed by atoms with E-state index in [2.05, 4.69) is 30.3 Å². The van der Waals surface area contributed by atoms with Crippen LogP contribution in [-0.2, 0) is 32.2 Å². The summed E-state index contributed by atoms with van der Waals surface area (Å²) in [5.41, 5.74) is -1.13. The molecule has 0 unspecified atom stereocenters. The van der Waals surface area contributed by atoms with Crippen molar-refractivity contribution in [2.45, 2.75) is 19.5 Å². The number of aromatic nitrogens is 8. The molecule has 2 rings (SSSR count). The molecule has 14 heteroatoms. The fourth-order valence-corrected chi connectivity index (χ4v) is 1.81. The van der Waals surface area contributed by atoms with Gasteiger partial charge in [0, 0.05) is 24.6 Å². The molecule has 0 saturated carbocycles. The second-order valence-electron chi connectivity index (χ2n) is 4.89. The van der Waals surface area contributed by atoms with Crippen molar-refractivity contribution in [2.75, 3.05) is 14.2 Å². The average molecular weight is 380 g/mol. The number of rotatable bonds is 8. The number of esters is 2. The zero-order valence-electron chi connectivity index (χ0n) is 14.5. The monoisotopic (exact) mass is 380 g/mol. The van der Waals surface area contributed by atoms with Crippen molar-refractivity contribution in [1.29, 1.82) is 0 Å². The third kappa shape index (κ3) is 5.07. The van der Waals surface area contributed by atoms with E-state index in [0.29, 0.717) is 6.42 Å². The molecule has 0 amide bonds. The predicted octanol–water partition coefficient (Wildman–Crippen LogP) is -2.43. The molecule has 27 heavy (non-hydrogen) atoms. The lowest BCUT2D eigenvalue weighted by molar-refractivity contribution is -0.135. The Bertz CT molecular complexity index is 899. The number of nitrogens with zero attached hydrogens (tertiary/aromatic N) is 8. The van der Waals surface area contributed by atoms with E-state index >= 15 is 0 Å². The predicted molar refractivity (Wildman–Crippen MR) is 87.9 cm³/mol. The Morgan fingerprint density at radius 3 is 1.59 bits per heavy atom. The molecule has 2 aromatic heterocycles. The first-order valence-corrected chi connectivity index (χ1v) is 7.53. The Hall–Kier alpha value is -3.84. The molecular weight excluding hydrogens is 364 g/mol. The van der Waals surface area contributed by atoms with E-state index in [-0.39, 0.29) is 13.1 Å². The summed E-state index contributed by atoms with van der Waals surface area (Å²) in [6.07, 6.45) is 4.64. The van der Waals surface area contributed by atoms with Crippen LogP contribution in [0.2, 0.25) is 0 Å². The number of aryl methyl sites for hydroxylation is 2. The molecule has 144 valence electrons. The minimum atomic E-state index is -0.639. The van der Waals surface area contributed by atoms with E-state index in [1.165, 1.54) is 14.2 Å². The van der Waals surface area contributed by atoms with Crippen molar-refractivity contribution in [3.8, 4) is 0 Å². The Morgan fingerprint density at radius 1 is 0.815 bits per heavy atom. The fourth-order valence-electron chi connectivity index (χ4n) is 1.81. The number of hydrogen-bond acceptors (Lipinski definition) is 10. The van der Waals surface area contributed by atoms with Gasteiger partial charge in [0.25, 0.3) is 0 Å². The van der Waals surface area contributed by atoms with Crippen LogP contribution in [0.25, 0.3) is 12.4 Å². The summed E-state index contributed by atoms with van der Waals surface area (Å²) in [7, 11) is 2.41. The standard InChI is InChI=1S/C13H16N8O6/c1-26-10(22)4-8-20-12(24)18(14-16-20)6-3-7-19-13(25)21(17-15-19)9-5-11(23)27-2/h4-5,8-9H,3,6-7H2,1-2H3/b8-4+,9-5+. The number of carbonyl (C=O) groups excluding carboxylic acids is 2. The summed E-state index contributed by atoms with van der Waals surface area (Å²) < 4.78 is 12.7. The molecule has 0 bridgehead atoms. The number of hydrogen-bond donors (Lipinski definition) is 0. The highest BCUT2D eigenvalue weighted by molar-refractivity contribution is 5.85. The van der Waals surface area contributed by atoms with Crippen molar-refractivity contribution >= 4 is 24.3 Å². The van der Waals surface area contributed by atoms with Crippen LogP contribution in [0.1, 0.15) is 6.42 Å². The molecule has 0 fully saturated rings. The van der Waals surface area contributed by atoms with Crippen LogP contribution in [0.3, 0.4) is 0 Å². The fraction of sp³-hybridized carbons (Fsp3) is 0.385. The minimum absolute atomic E-state index is 0.155. The van der Waals surface area contributed by atoms with Gasteiger partial charge >= 0.3 is 23.3 Å². The van der Waals surface area contributed by atoms with Crippen LogP contribution in [0.4, 0.5) is 0 Å². The molecule has 2 aromatic rings. The second kappa shape index (κ2) is 9.02. The van der Waals surface area contributed by atoms with Gasteiger partial charge in [-0.25, -0.2) is 19.2 Å². The summed E-state index contributed by atoms with van der Waals surface area (Å²) in [6.45, 7) is 0.310. The van der Waals surface area contributed by atoms with E-state index in [1.54, 1.807) is 0 Å². The van der Waals surface area contributed by atoms with Crippen LogP contribution >= 0.6 is 0 Å². The summed E-state index contributed by atoms with van der Waals surface area (Å²) in [4.78, 5) is 46.0. The maximum Gasteiger partial charge on any atom is 0.367 e. The van der Waals surface area contributed by atoms with Gasteiger partial charge in [-0.05, 0) is 27.3 Å². The van der Waals surface area contributed by atoms with E-state index in [4.69, 9.17) is 0 Å². The lowest BCUT2D eigenvalue weighted by Gasteiger charge is -1.98.